The van der Waals surface area contributed by atoms with Gasteiger partial charge in [0.05, 0.1) is 6.61 Å². The van der Waals surface area contributed by atoms with Crippen LogP contribution in [0, 0.1) is 11.8 Å². The van der Waals surface area contributed by atoms with Crippen LogP contribution >= 0.6 is 0 Å². The maximum Gasteiger partial charge on any atom is 0.119 e. The second kappa shape index (κ2) is 17.6. The van der Waals surface area contributed by atoms with Crippen molar-refractivity contribution in [2.24, 2.45) is 11.8 Å². The predicted molar refractivity (Wildman–Crippen MR) is 137 cm³/mol. The molecule has 0 spiro atoms. The van der Waals surface area contributed by atoms with E-state index >= 15 is 0 Å². The minimum Gasteiger partial charge on any atom is -0.494 e. The van der Waals surface area contributed by atoms with Crippen LogP contribution in [0.1, 0.15) is 135 Å². The monoisotopic (exact) mass is 428 g/mol. The van der Waals surface area contributed by atoms with Gasteiger partial charge < -0.3 is 4.74 Å². The highest BCUT2D eigenvalue weighted by Gasteiger charge is 2.20. The molecule has 0 unspecified atom stereocenters. The zero-order valence-electron chi connectivity index (χ0n) is 21.0. The van der Waals surface area contributed by atoms with Gasteiger partial charge in [-0.25, -0.2) is 0 Å². The summed E-state index contributed by atoms with van der Waals surface area (Å²) in [7, 11) is 0. The Labute approximate surface area is 194 Å². The lowest BCUT2D eigenvalue weighted by Gasteiger charge is -2.28. The quantitative estimate of drug-likeness (QED) is 0.211. The molecule has 178 valence electrons. The Morgan fingerprint density at radius 2 is 1.13 bits per heavy atom. The largest absolute Gasteiger partial charge is 0.494 e. The topological polar surface area (TPSA) is 9.23 Å². The van der Waals surface area contributed by atoms with Gasteiger partial charge in [0.2, 0.25) is 0 Å². The van der Waals surface area contributed by atoms with Gasteiger partial charge in [-0.3, -0.25) is 0 Å². The van der Waals surface area contributed by atoms with Gasteiger partial charge in [0.15, 0.2) is 0 Å². The summed E-state index contributed by atoms with van der Waals surface area (Å²) in [5, 5.41) is 0. The molecule has 1 heteroatoms. The highest BCUT2D eigenvalue weighted by atomic mass is 16.5. The van der Waals surface area contributed by atoms with E-state index in [1.54, 1.807) is 0 Å². The molecule has 1 aromatic carbocycles. The molecule has 31 heavy (non-hydrogen) atoms. The van der Waals surface area contributed by atoms with Crippen LogP contribution < -0.4 is 4.74 Å². The molecule has 0 radical (unpaired) electrons. The molecular weight excluding hydrogens is 376 g/mol. The van der Waals surface area contributed by atoms with Crippen molar-refractivity contribution in [2.45, 2.75) is 136 Å². The van der Waals surface area contributed by atoms with E-state index in [-0.39, 0.29) is 0 Å². The molecule has 1 fully saturated rings. The summed E-state index contributed by atoms with van der Waals surface area (Å²) in [6.07, 6.45) is 26.6. The third-order valence-corrected chi connectivity index (χ3v) is 7.45. The molecule has 1 saturated carbocycles. The average Bonchev–Trinajstić information content (AvgIpc) is 2.80. The SMILES string of the molecule is CCCCCCCCCCc1ccc(OCCC[C@H]2CC[C@H](CCCCC)CC2)cc1. The smallest absolute Gasteiger partial charge is 0.119 e. The molecule has 1 aliphatic rings. The Morgan fingerprint density at radius 1 is 0.613 bits per heavy atom. The van der Waals surface area contributed by atoms with E-state index in [2.05, 4.69) is 38.1 Å². The van der Waals surface area contributed by atoms with Crippen LogP contribution in [-0.2, 0) is 6.42 Å². The van der Waals surface area contributed by atoms with Crippen molar-refractivity contribution in [2.75, 3.05) is 6.61 Å². The minimum atomic E-state index is 0.883. The highest BCUT2D eigenvalue weighted by Crippen LogP contribution is 2.34. The third-order valence-electron chi connectivity index (χ3n) is 7.45. The van der Waals surface area contributed by atoms with Crippen molar-refractivity contribution in [1.82, 2.24) is 0 Å². The molecule has 1 nitrogen and oxygen atoms in total. The standard InChI is InChI=1S/C30H52O/c1-3-5-7-8-9-10-11-13-16-28-22-24-30(25-23-28)31-26-14-17-29-20-18-27(19-21-29)15-12-6-4-2/h22-25,27,29H,3-21,26H2,1-2H3/t27-,29-. The van der Waals surface area contributed by atoms with Gasteiger partial charge in [0, 0.05) is 0 Å². The Hall–Kier alpha value is -0.980. The van der Waals surface area contributed by atoms with Crippen LogP contribution in [0.25, 0.3) is 0 Å². The second-order valence-electron chi connectivity index (χ2n) is 10.2. The lowest BCUT2D eigenvalue weighted by Crippen LogP contribution is -2.15. The van der Waals surface area contributed by atoms with E-state index in [1.807, 2.05) is 0 Å². The summed E-state index contributed by atoms with van der Waals surface area (Å²) in [5.41, 5.74) is 1.47. The molecule has 0 saturated heterocycles. The third kappa shape index (κ3) is 12.6. The second-order valence-corrected chi connectivity index (χ2v) is 10.2. The van der Waals surface area contributed by atoms with Crippen LogP contribution in [-0.4, -0.2) is 6.61 Å². The summed E-state index contributed by atoms with van der Waals surface area (Å²) in [6.45, 7) is 5.48. The first-order valence-corrected chi connectivity index (χ1v) is 14.0. The number of unbranched alkanes of at least 4 members (excludes halogenated alkanes) is 9. The number of rotatable bonds is 18. The number of hydrogen-bond donors (Lipinski definition) is 0. The lowest BCUT2D eigenvalue weighted by molar-refractivity contribution is 0.228. The first kappa shape index (κ1) is 26.3. The fraction of sp³-hybridized carbons (Fsp3) is 0.800. The van der Waals surface area contributed by atoms with Crippen molar-refractivity contribution >= 4 is 0 Å². The Balaban J connectivity index is 1.46. The van der Waals surface area contributed by atoms with E-state index in [0.29, 0.717) is 0 Å². The Morgan fingerprint density at radius 3 is 1.74 bits per heavy atom. The number of benzene rings is 1. The van der Waals surface area contributed by atoms with Gasteiger partial charge in [-0.05, 0) is 55.2 Å². The molecule has 0 N–H and O–H groups in total. The molecule has 0 amide bonds. The zero-order chi connectivity index (χ0) is 22.0. The van der Waals surface area contributed by atoms with Crippen LogP contribution in [0.2, 0.25) is 0 Å². The lowest BCUT2D eigenvalue weighted by atomic mass is 9.78. The summed E-state index contributed by atoms with van der Waals surface area (Å²) >= 11 is 0. The fourth-order valence-electron chi connectivity index (χ4n) is 5.27. The normalized spacial score (nSPS) is 18.9. The number of hydrogen-bond acceptors (Lipinski definition) is 1. The van der Waals surface area contributed by atoms with E-state index < -0.39 is 0 Å². The van der Waals surface area contributed by atoms with Crippen molar-refractivity contribution in [1.29, 1.82) is 0 Å². The molecule has 0 heterocycles. The van der Waals surface area contributed by atoms with Gasteiger partial charge in [-0.2, -0.15) is 0 Å². The van der Waals surface area contributed by atoms with Gasteiger partial charge in [-0.15, -0.1) is 0 Å². The van der Waals surface area contributed by atoms with E-state index in [1.165, 1.54) is 128 Å². The summed E-state index contributed by atoms with van der Waals surface area (Å²) in [6, 6.07) is 8.91. The molecule has 0 aliphatic heterocycles. The minimum absolute atomic E-state index is 0.883. The van der Waals surface area contributed by atoms with E-state index in [0.717, 1.165) is 24.2 Å². The number of aryl methyl sites for hydroxylation is 1. The molecule has 0 atom stereocenters. The van der Waals surface area contributed by atoms with Crippen LogP contribution in [0.4, 0.5) is 0 Å². The van der Waals surface area contributed by atoms with Gasteiger partial charge >= 0.3 is 0 Å². The van der Waals surface area contributed by atoms with E-state index in [4.69, 9.17) is 4.74 Å². The van der Waals surface area contributed by atoms with Gasteiger partial charge in [-0.1, -0.05) is 122 Å². The first-order valence-electron chi connectivity index (χ1n) is 14.0. The maximum atomic E-state index is 6.03. The predicted octanol–water partition coefficient (Wildman–Crippen LogP) is 9.92. The van der Waals surface area contributed by atoms with Crippen molar-refractivity contribution < 1.29 is 4.74 Å². The van der Waals surface area contributed by atoms with Crippen LogP contribution in [0.15, 0.2) is 24.3 Å². The van der Waals surface area contributed by atoms with Crippen LogP contribution in [0.3, 0.4) is 0 Å². The molecule has 0 aromatic heterocycles. The first-order chi connectivity index (χ1) is 15.3. The van der Waals surface area contributed by atoms with Crippen molar-refractivity contribution in [3.8, 4) is 5.75 Å². The molecule has 2 rings (SSSR count). The van der Waals surface area contributed by atoms with Crippen molar-refractivity contribution in [3.05, 3.63) is 29.8 Å². The maximum absolute atomic E-state index is 6.03. The Bertz CT molecular complexity index is 512. The highest BCUT2D eigenvalue weighted by molar-refractivity contribution is 5.27. The zero-order valence-corrected chi connectivity index (χ0v) is 21.0. The Kier molecular flexibility index (Phi) is 14.9. The molecular formula is C30H52O. The number of ether oxygens (including phenoxy) is 1. The molecule has 1 aliphatic carbocycles. The van der Waals surface area contributed by atoms with Gasteiger partial charge in [0.1, 0.15) is 5.75 Å². The average molecular weight is 429 g/mol. The molecule has 1 aromatic rings. The summed E-state index contributed by atoms with van der Waals surface area (Å²) in [4.78, 5) is 0. The summed E-state index contributed by atoms with van der Waals surface area (Å²) < 4.78 is 6.03. The fourth-order valence-corrected chi connectivity index (χ4v) is 5.27. The van der Waals surface area contributed by atoms with Gasteiger partial charge in [0.25, 0.3) is 0 Å². The molecule has 0 bridgehead atoms. The summed E-state index contributed by atoms with van der Waals surface area (Å²) in [5.74, 6) is 3.04. The van der Waals surface area contributed by atoms with Crippen LogP contribution in [0.5, 0.6) is 5.75 Å². The van der Waals surface area contributed by atoms with Crippen molar-refractivity contribution in [3.63, 3.8) is 0 Å². The van der Waals surface area contributed by atoms with E-state index in [9.17, 15) is 0 Å².